The molecule has 102 valence electrons. The van der Waals surface area contributed by atoms with Crippen molar-refractivity contribution in [3.05, 3.63) is 64.2 Å². The Labute approximate surface area is 123 Å². The Morgan fingerprint density at radius 2 is 1.95 bits per heavy atom. The molecule has 3 rings (SSSR count). The molecule has 20 heavy (non-hydrogen) atoms. The molecule has 7 heteroatoms. The maximum atomic E-state index is 12.3. The summed E-state index contributed by atoms with van der Waals surface area (Å²) in [4.78, 5) is 11.6. The Bertz CT molecular complexity index is 651. The highest BCUT2D eigenvalue weighted by atomic mass is 32.3. The number of nitrogens with zero attached hydrogens (tertiary/aromatic N) is 2. The lowest BCUT2D eigenvalue weighted by Gasteiger charge is -2.14. The number of non-ortho nitro benzene ring substituents is 1. The molecule has 5 nitrogen and oxygen atoms in total. The van der Waals surface area contributed by atoms with E-state index in [0.29, 0.717) is 16.3 Å². The van der Waals surface area contributed by atoms with Gasteiger partial charge in [-0.25, -0.2) is 0 Å². The molecule has 0 aliphatic carbocycles. The second kappa shape index (κ2) is 5.45. The average molecular weight is 306 g/mol. The third-order valence-corrected chi connectivity index (χ3v) is 5.72. The first kappa shape index (κ1) is 13.4. The quantitative estimate of drug-likeness (QED) is 0.377. The van der Waals surface area contributed by atoms with Crippen LogP contribution in [0.1, 0.15) is 5.56 Å². The van der Waals surface area contributed by atoms with E-state index in [1.807, 2.05) is 30.3 Å². The van der Waals surface area contributed by atoms with Crippen molar-refractivity contribution in [1.82, 2.24) is 3.71 Å². The van der Waals surface area contributed by atoms with Gasteiger partial charge in [0.05, 0.1) is 27.7 Å². The molecule has 1 aliphatic rings. The summed E-state index contributed by atoms with van der Waals surface area (Å²) in [6, 6.07) is 14.1. The van der Waals surface area contributed by atoms with E-state index in [9.17, 15) is 14.7 Å². The van der Waals surface area contributed by atoms with Crippen LogP contribution in [0.5, 0.6) is 0 Å². The van der Waals surface area contributed by atoms with Crippen LogP contribution in [0, 0.1) is 10.1 Å². The summed E-state index contributed by atoms with van der Waals surface area (Å²) in [6.07, 6.45) is 0. The van der Waals surface area contributed by atoms with Crippen LogP contribution in [0.15, 0.2) is 58.3 Å². The standard InChI is InChI=1S/C13H10N2O3S2/c16-15(17)11-6-7-13-12(8-11)19-14(20(13)18)9-10-4-2-1-3-5-10/h1-8H,9H2. The van der Waals surface area contributed by atoms with Crippen molar-refractivity contribution >= 4 is 29.0 Å². The first-order valence-corrected chi connectivity index (χ1v) is 7.73. The number of hydrogen-bond acceptors (Lipinski definition) is 5. The fourth-order valence-electron chi connectivity index (χ4n) is 1.90. The molecule has 0 aromatic heterocycles. The van der Waals surface area contributed by atoms with E-state index in [0.717, 1.165) is 5.56 Å². The fraction of sp³-hybridized carbons (Fsp3) is 0.0769. The lowest BCUT2D eigenvalue weighted by molar-refractivity contribution is -0.385. The van der Waals surface area contributed by atoms with E-state index in [4.69, 9.17) is 0 Å². The van der Waals surface area contributed by atoms with Gasteiger partial charge in [-0.3, -0.25) is 10.1 Å². The van der Waals surface area contributed by atoms with Crippen LogP contribution in [-0.4, -0.2) is 13.2 Å². The minimum Gasteiger partial charge on any atom is -0.592 e. The van der Waals surface area contributed by atoms with Crippen LogP contribution in [-0.2, 0) is 17.9 Å². The Morgan fingerprint density at radius 3 is 2.65 bits per heavy atom. The molecule has 0 radical (unpaired) electrons. The Hall–Kier alpha value is -1.54. The van der Waals surface area contributed by atoms with Crippen molar-refractivity contribution in [2.75, 3.05) is 0 Å². The van der Waals surface area contributed by atoms with Crippen molar-refractivity contribution < 1.29 is 9.48 Å². The molecule has 1 aliphatic heterocycles. The van der Waals surface area contributed by atoms with Crippen molar-refractivity contribution in [1.29, 1.82) is 0 Å². The van der Waals surface area contributed by atoms with Crippen LogP contribution in [0.25, 0.3) is 0 Å². The summed E-state index contributed by atoms with van der Waals surface area (Å²) in [5, 5.41) is 10.8. The molecular weight excluding hydrogens is 296 g/mol. The Kier molecular flexibility index (Phi) is 3.66. The zero-order valence-electron chi connectivity index (χ0n) is 10.3. The SMILES string of the molecule is O=[N+]([O-])c1ccc2c(c1)SN(Cc1ccccc1)[S+]2[O-]. The van der Waals surface area contributed by atoms with Gasteiger partial charge in [0.1, 0.15) is 0 Å². The molecule has 1 unspecified atom stereocenters. The molecule has 0 saturated heterocycles. The first-order chi connectivity index (χ1) is 9.65. The van der Waals surface area contributed by atoms with Gasteiger partial charge in [-0.05, 0) is 5.56 Å². The molecule has 1 atom stereocenters. The first-order valence-electron chi connectivity index (χ1n) is 5.85. The molecular formula is C13H10N2O3S2. The molecule has 0 saturated carbocycles. The third-order valence-electron chi connectivity index (χ3n) is 2.87. The van der Waals surface area contributed by atoms with Crippen molar-refractivity contribution in [3.8, 4) is 0 Å². The monoisotopic (exact) mass is 306 g/mol. The second-order valence-corrected chi connectivity index (χ2v) is 6.88. The normalized spacial score (nSPS) is 17.9. The van der Waals surface area contributed by atoms with E-state index in [2.05, 4.69) is 0 Å². The van der Waals surface area contributed by atoms with Gasteiger partial charge in [0.15, 0.2) is 4.90 Å². The van der Waals surface area contributed by atoms with E-state index >= 15 is 0 Å². The van der Waals surface area contributed by atoms with Crippen molar-refractivity contribution in [2.45, 2.75) is 16.3 Å². The lowest BCUT2D eigenvalue weighted by Crippen LogP contribution is -2.19. The predicted molar refractivity (Wildman–Crippen MR) is 77.3 cm³/mol. The highest BCUT2D eigenvalue weighted by Crippen LogP contribution is 2.43. The minimum absolute atomic E-state index is 0.0230. The number of fused-ring (bicyclic) bond motifs is 1. The fourth-order valence-corrected chi connectivity index (χ4v) is 4.65. The number of rotatable bonds is 3. The van der Waals surface area contributed by atoms with Gasteiger partial charge < -0.3 is 4.55 Å². The lowest BCUT2D eigenvalue weighted by atomic mass is 10.2. The zero-order valence-corrected chi connectivity index (χ0v) is 11.9. The van der Waals surface area contributed by atoms with Crippen LogP contribution >= 0.6 is 11.9 Å². The molecule has 0 bridgehead atoms. The van der Waals surface area contributed by atoms with Crippen LogP contribution in [0.4, 0.5) is 5.69 Å². The molecule has 2 aromatic carbocycles. The average Bonchev–Trinajstić information content (AvgIpc) is 2.76. The summed E-state index contributed by atoms with van der Waals surface area (Å²) < 4.78 is 14.1. The summed E-state index contributed by atoms with van der Waals surface area (Å²) in [6.45, 7) is 0.528. The summed E-state index contributed by atoms with van der Waals surface area (Å²) in [5.41, 5.74) is 1.07. The van der Waals surface area contributed by atoms with Gasteiger partial charge in [-0.15, -0.1) is 0 Å². The highest BCUT2D eigenvalue weighted by Gasteiger charge is 2.36. The minimum atomic E-state index is -1.28. The summed E-state index contributed by atoms with van der Waals surface area (Å²) in [7, 11) is 0. The molecule has 2 aromatic rings. The highest BCUT2D eigenvalue weighted by molar-refractivity contribution is 8.11. The molecule has 0 amide bonds. The van der Waals surface area contributed by atoms with E-state index in [-0.39, 0.29) is 5.69 Å². The summed E-state index contributed by atoms with van der Waals surface area (Å²) >= 11 is 0.0155. The largest absolute Gasteiger partial charge is 0.592 e. The van der Waals surface area contributed by atoms with Gasteiger partial charge in [0, 0.05) is 30.1 Å². The molecule has 0 fully saturated rings. The van der Waals surface area contributed by atoms with Crippen molar-refractivity contribution in [2.24, 2.45) is 0 Å². The predicted octanol–water partition coefficient (Wildman–Crippen LogP) is 3.14. The maximum Gasteiger partial charge on any atom is 0.270 e. The smallest absolute Gasteiger partial charge is 0.270 e. The topological polar surface area (TPSA) is 69.4 Å². The molecule has 1 heterocycles. The van der Waals surface area contributed by atoms with Crippen LogP contribution in [0.3, 0.4) is 0 Å². The second-order valence-electron chi connectivity index (χ2n) is 4.21. The van der Waals surface area contributed by atoms with E-state index in [1.54, 1.807) is 9.78 Å². The number of hydrogen-bond donors (Lipinski definition) is 0. The van der Waals surface area contributed by atoms with Gasteiger partial charge >= 0.3 is 0 Å². The Balaban J connectivity index is 1.83. The number of nitro groups is 1. The number of nitro benzene ring substituents is 1. The third kappa shape index (κ3) is 2.53. The summed E-state index contributed by atoms with van der Waals surface area (Å²) in [5.74, 6) is 0. The number of benzene rings is 2. The Morgan fingerprint density at radius 1 is 1.20 bits per heavy atom. The zero-order chi connectivity index (χ0) is 14.1. The maximum absolute atomic E-state index is 12.3. The van der Waals surface area contributed by atoms with Gasteiger partial charge in [0.25, 0.3) is 5.69 Å². The van der Waals surface area contributed by atoms with Gasteiger partial charge in [-0.2, -0.15) is 0 Å². The molecule has 0 N–H and O–H groups in total. The van der Waals surface area contributed by atoms with E-state index < -0.39 is 16.3 Å². The molecule has 0 spiro atoms. The van der Waals surface area contributed by atoms with Gasteiger partial charge in [-0.1, -0.05) is 34.0 Å². The van der Waals surface area contributed by atoms with Crippen LogP contribution < -0.4 is 0 Å². The van der Waals surface area contributed by atoms with Crippen LogP contribution in [0.2, 0.25) is 0 Å². The van der Waals surface area contributed by atoms with Crippen molar-refractivity contribution in [3.63, 3.8) is 0 Å². The van der Waals surface area contributed by atoms with E-state index in [1.165, 1.54) is 24.1 Å². The van der Waals surface area contributed by atoms with Gasteiger partial charge in [0.2, 0.25) is 0 Å².